The molecule has 16 heavy (non-hydrogen) atoms. The Hall–Kier alpha value is -0.420. The van der Waals surface area contributed by atoms with Crippen LogP contribution >= 0.6 is 27.3 Å². The first kappa shape index (κ1) is 13.6. The Bertz CT molecular complexity index is 497. The van der Waals surface area contributed by atoms with E-state index < -0.39 is 16.1 Å². The second-order valence-electron chi connectivity index (χ2n) is 3.23. The highest BCUT2D eigenvalue weighted by Crippen LogP contribution is 2.30. The molecule has 0 spiro atoms. The standard InChI is InChI=1S/C9H11BrN2O2S2/c1-3-7(5-11)12-16(13,14)8-4-6(2)9(10)15-8/h4,7,12H,3H2,1-2H3. The van der Waals surface area contributed by atoms with Gasteiger partial charge in [0.2, 0.25) is 0 Å². The second kappa shape index (κ2) is 5.27. The second-order valence-corrected chi connectivity index (χ2v) is 7.54. The number of sulfonamides is 1. The maximum absolute atomic E-state index is 11.9. The molecule has 4 nitrogen and oxygen atoms in total. The van der Waals surface area contributed by atoms with Gasteiger partial charge in [-0.25, -0.2) is 8.42 Å². The molecule has 1 heterocycles. The third kappa shape index (κ3) is 3.04. The van der Waals surface area contributed by atoms with E-state index in [1.165, 1.54) is 0 Å². The van der Waals surface area contributed by atoms with Gasteiger partial charge >= 0.3 is 0 Å². The quantitative estimate of drug-likeness (QED) is 0.925. The monoisotopic (exact) mass is 322 g/mol. The van der Waals surface area contributed by atoms with Gasteiger partial charge < -0.3 is 0 Å². The van der Waals surface area contributed by atoms with Crippen LogP contribution in [0.5, 0.6) is 0 Å². The molecule has 0 aliphatic rings. The van der Waals surface area contributed by atoms with Gasteiger partial charge in [-0.2, -0.15) is 9.98 Å². The van der Waals surface area contributed by atoms with Gasteiger partial charge in [-0.15, -0.1) is 11.3 Å². The molecule has 0 saturated heterocycles. The summed E-state index contributed by atoms with van der Waals surface area (Å²) in [7, 11) is -3.57. The molecule has 1 rings (SSSR count). The first-order valence-electron chi connectivity index (χ1n) is 4.58. The molecule has 0 bridgehead atoms. The fourth-order valence-electron chi connectivity index (χ4n) is 1.01. The Morgan fingerprint density at radius 1 is 1.69 bits per heavy atom. The smallest absolute Gasteiger partial charge is 0.206 e. The van der Waals surface area contributed by atoms with Crippen molar-refractivity contribution in [3.05, 3.63) is 15.4 Å². The predicted octanol–water partition coefficient (Wildman–Crippen LogP) is 2.40. The third-order valence-electron chi connectivity index (χ3n) is 1.96. The van der Waals surface area contributed by atoms with Crippen molar-refractivity contribution in [2.24, 2.45) is 0 Å². The first-order valence-corrected chi connectivity index (χ1v) is 7.68. The number of aryl methyl sites for hydroxylation is 1. The first-order chi connectivity index (χ1) is 7.40. The van der Waals surface area contributed by atoms with Crippen molar-refractivity contribution >= 4 is 37.3 Å². The normalized spacial score (nSPS) is 13.4. The predicted molar refractivity (Wildman–Crippen MR) is 66.8 cm³/mol. The molecule has 1 atom stereocenters. The van der Waals surface area contributed by atoms with Gasteiger partial charge in [-0.1, -0.05) is 6.92 Å². The maximum atomic E-state index is 11.9. The van der Waals surface area contributed by atoms with Gasteiger partial charge in [0.1, 0.15) is 10.3 Å². The average molecular weight is 323 g/mol. The van der Waals surface area contributed by atoms with E-state index in [0.717, 1.165) is 20.7 Å². The minimum atomic E-state index is -3.57. The Balaban J connectivity index is 2.99. The van der Waals surface area contributed by atoms with Gasteiger partial charge in [0.25, 0.3) is 10.0 Å². The molecule has 0 saturated carbocycles. The van der Waals surface area contributed by atoms with Crippen molar-refractivity contribution in [1.29, 1.82) is 5.26 Å². The van der Waals surface area contributed by atoms with Crippen LogP contribution in [0.4, 0.5) is 0 Å². The number of nitrogens with zero attached hydrogens (tertiary/aromatic N) is 1. The molecule has 0 radical (unpaired) electrons. The lowest BCUT2D eigenvalue weighted by Gasteiger charge is -2.07. The SMILES string of the molecule is CCC(C#N)NS(=O)(=O)c1cc(C)c(Br)s1. The molecule has 1 aromatic rings. The fourth-order valence-corrected chi connectivity index (χ4v) is 4.48. The highest BCUT2D eigenvalue weighted by atomic mass is 79.9. The summed E-state index contributed by atoms with van der Waals surface area (Å²) in [6.07, 6.45) is 0.446. The Morgan fingerprint density at radius 3 is 2.69 bits per heavy atom. The summed E-state index contributed by atoms with van der Waals surface area (Å²) >= 11 is 4.41. The Kier molecular flexibility index (Phi) is 4.50. The molecule has 0 aliphatic heterocycles. The Morgan fingerprint density at radius 2 is 2.31 bits per heavy atom. The minimum absolute atomic E-state index is 0.227. The zero-order chi connectivity index (χ0) is 12.3. The molecule has 1 aromatic heterocycles. The Labute approximate surface area is 107 Å². The van der Waals surface area contributed by atoms with E-state index in [0.29, 0.717) is 6.42 Å². The van der Waals surface area contributed by atoms with Gasteiger partial charge in [0, 0.05) is 0 Å². The van der Waals surface area contributed by atoms with Gasteiger partial charge in [-0.05, 0) is 40.9 Å². The highest BCUT2D eigenvalue weighted by molar-refractivity contribution is 9.11. The van der Waals surface area contributed by atoms with Gasteiger partial charge in [-0.3, -0.25) is 0 Å². The summed E-state index contributed by atoms with van der Waals surface area (Å²) in [6, 6.07) is 2.81. The average Bonchev–Trinajstić information content (AvgIpc) is 2.56. The van der Waals surface area contributed by atoms with Crippen LogP contribution in [-0.2, 0) is 10.0 Å². The van der Waals surface area contributed by atoms with E-state index in [4.69, 9.17) is 5.26 Å². The van der Waals surface area contributed by atoms with Crippen molar-refractivity contribution in [2.75, 3.05) is 0 Å². The number of halogens is 1. The number of hydrogen-bond donors (Lipinski definition) is 1. The third-order valence-corrected chi connectivity index (χ3v) is 6.04. The van der Waals surface area contributed by atoms with Crippen LogP contribution in [0.25, 0.3) is 0 Å². The van der Waals surface area contributed by atoms with Crippen LogP contribution < -0.4 is 4.72 Å². The zero-order valence-electron chi connectivity index (χ0n) is 8.82. The van der Waals surface area contributed by atoms with Crippen molar-refractivity contribution < 1.29 is 8.42 Å². The number of rotatable bonds is 4. The summed E-state index contributed by atoms with van der Waals surface area (Å²) in [4.78, 5) is 0. The number of hydrogen-bond acceptors (Lipinski definition) is 4. The number of nitrogens with one attached hydrogen (secondary N) is 1. The van der Waals surface area contributed by atoms with Crippen LogP contribution in [0.3, 0.4) is 0 Å². The fraction of sp³-hybridized carbons (Fsp3) is 0.444. The summed E-state index contributed by atoms with van der Waals surface area (Å²) < 4.78 is 27.1. The summed E-state index contributed by atoms with van der Waals surface area (Å²) in [5.41, 5.74) is 0.871. The van der Waals surface area contributed by atoms with Crippen LogP contribution in [-0.4, -0.2) is 14.5 Å². The molecule has 1 N–H and O–H groups in total. The van der Waals surface area contributed by atoms with Crippen LogP contribution in [0.15, 0.2) is 14.1 Å². The summed E-state index contributed by atoms with van der Waals surface area (Å²) in [5, 5.41) is 8.71. The molecule has 0 amide bonds. The van der Waals surface area contributed by atoms with E-state index in [9.17, 15) is 8.42 Å². The molecular weight excluding hydrogens is 312 g/mol. The van der Waals surface area contributed by atoms with Gasteiger partial charge in [0.05, 0.1) is 9.86 Å². The summed E-state index contributed by atoms with van der Waals surface area (Å²) in [5.74, 6) is 0. The van der Waals surface area contributed by atoms with Crippen LogP contribution in [0, 0.1) is 18.3 Å². The van der Waals surface area contributed by atoms with Crippen LogP contribution in [0.2, 0.25) is 0 Å². The highest BCUT2D eigenvalue weighted by Gasteiger charge is 2.21. The maximum Gasteiger partial charge on any atom is 0.251 e. The molecule has 0 aliphatic carbocycles. The van der Waals surface area contributed by atoms with Crippen molar-refractivity contribution in [2.45, 2.75) is 30.5 Å². The van der Waals surface area contributed by atoms with Crippen molar-refractivity contribution in [1.82, 2.24) is 4.72 Å². The number of thiophene rings is 1. The molecule has 88 valence electrons. The van der Waals surface area contributed by atoms with E-state index in [1.54, 1.807) is 13.0 Å². The van der Waals surface area contributed by atoms with E-state index in [-0.39, 0.29) is 4.21 Å². The lowest BCUT2D eigenvalue weighted by atomic mass is 10.3. The molecule has 0 aromatic carbocycles. The van der Waals surface area contributed by atoms with E-state index in [2.05, 4.69) is 20.7 Å². The van der Waals surface area contributed by atoms with E-state index in [1.807, 2.05) is 13.0 Å². The van der Waals surface area contributed by atoms with E-state index >= 15 is 0 Å². The van der Waals surface area contributed by atoms with Gasteiger partial charge in [0.15, 0.2) is 0 Å². The minimum Gasteiger partial charge on any atom is -0.206 e. The molecule has 1 unspecified atom stereocenters. The zero-order valence-corrected chi connectivity index (χ0v) is 12.0. The van der Waals surface area contributed by atoms with Crippen molar-refractivity contribution in [3.8, 4) is 6.07 Å². The largest absolute Gasteiger partial charge is 0.251 e. The van der Waals surface area contributed by atoms with Crippen LogP contribution in [0.1, 0.15) is 18.9 Å². The summed E-state index contributed by atoms with van der Waals surface area (Å²) in [6.45, 7) is 3.58. The lowest BCUT2D eigenvalue weighted by Crippen LogP contribution is -2.32. The van der Waals surface area contributed by atoms with Crippen molar-refractivity contribution in [3.63, 3.8) is 0 Å². The lowest BCUT2D eigenvalue weighted by molar-refractivity contribution is 0.571. The molecular formula is C9H11BrN2O2S2. The number of nitriles is 1. The molecule has 0 fully saturated rings. The molecule has 7 heteroatoms. The topological polar surface area (TPSA) is 70.0 Å².